The number of nitrogens with one attached hydrogen (secondary N) is 2. The van der Waals surface area contributed by atoms with Crippen molar-refractivity contribution in [1.82, 2.24) is 25.1 Å². The molecule has 3 heterocycles. The summed E-state index contributed by atoms with van der Waals surface area (Å²) >= 11 is 0. The first kappa shape index (κ1) is 14.5. The Morgan fingerprint density at radius 3 is 2.88 bits per heavy atom. The zero-order valence-electron chi connectivity index (χ0n) is 13.6. The number of benzene rings is 2. The smallest absolute Gasteiger partial charge is 0.235 e. The minimum absolute atomic E-state index is 0.183. The van der Waals surface area contributed by atoms with Crippen LogP contribution < -0.4 is 11.1 Å². The number of hydrogen-bond donors (Lipinski definition) is 4. The number of H-pyrrole nitrogens is 1. The van der Waals surface area contributed by atoms with Crippen LogP contribution in [0.2, 0.25) is 0 Å². The number of rotatable bonds is 2. The van der Waals surface area contributed by atoms with Gasteiger partial charge in [-0.3, -0.25) is 9.67 Å². The third kappa shape index (κ3) is 2.12. The summed E-state index contributed by atoms with van der Waals surface area (Å²) in [7, 11) is 0. The molecule has 128 valence electrons. The number of para-hydroxylation sites is 2. The molecular formula is C18H15N7O. The average molecular weight is 345 g/mol. The molecule has 1 aliphatic rings. The van der Waals surface area contributed by atoms with Crippen molar-refractivity contribution in [2.24, 2.45) is 10.7 Å². The van der Waals surface area contributed by atoms with E-state index in [1.54, 1.807) is 18.2 Å². The fraction of sp³-hybridized carbons (Fsp3) is 0.0556. The molecular weight excluding hydrogens is 330 g/mol. The van der Waals surface area contributed by atoms with E-state index in [4.69, 9.17) is 5.73 Å². The normalized spacial score (nSPS) is 16.2. The zero-order valence-corrected chi connectivity index (χ0v) is 13.6. The maximum atomic E-state index is 9.81. The molecule has 5 N–H and O–H groups in total. The predicted octanol–water partition coefficient (Wildman–Crippen LogP) is 2.23. The summed E-state index contributed by atoms with van der Waals surface area (Å²) in [5, 5.41) is 20.3. The molecule has 0 spiro atoms. The quantitative estimate of drug-likeness (QED) is 0.444. The second-order valence-corrected chi connectivity index (χ2v) is 6.05. The predicted molar refractivity (Wildman–Crippen MR) is 98.0 cm³/mol. The van der Waals surface area contributed by atoms with Gasteiger partial charge in [0.15, 0.2) is 5.96 Å². The van der Waals surface area contributed by atoms with Gasteiger partial charge in [-0.25, -0.2) is 4.98 Å². The molecule has 0 fully saturated rings. The summed E-state index contributed by atoms with van der Waals surface area (Å²) in [4.78, 5) is 8.89. The molecule has 1 atom stereocenters. The Bertz CT molecular complexity index is 1160. The average Bonchev–Trinajstić information content (AvgIpc) is 3.25. The Labute approximate surface area is 148 Å². The molecule has 0 saturated carbocycles. The first-order chi connectivity index (χ1) is 12.7. The lowest BCUT2D eigenvalue weighted by Gasteiger charge is -2.26. The first-order valence-corrected chi connectivity index (χ1v) is 8.11. The Balaban J connectivity index is 1.72. The van der Waals surface area contributed by atoms with Gasteiger partial charge in [-0.15, -0.1) is 0 Å². The van der Waals surface area contributed by atoms with Crippen LogP contribution in [0.5, 0.6) is 5.75 Å². The molecule has 0 saturated heterocycles. The molecule has 1 aliphatic heterocycles. The maximum absolute atomic E-state index is 9.81. The molecule has 8 nitrogen and oxygen atoms in total. The highest BCUT2D eigenvalue weighted by Crippen LogP contribution is 2.35. The maximum Gasteiger partial charge on any atom is 0.235 e. The monoisotopic (exact) mass is 345 g/mol. The number of phenolic OH excluding ortho intramolecular Hbond substituents is 1. The van der Waals surface area contributed by atoms with Crippen LogP contribution in [0.1, 0.15) is 11.7 Å². The van der Waals surface area contributed by atoms with E-state index in [1.807, 2.05) is 41.1 Å². The molecule has 0 aliphatic carbocycles. The highest BCUT2D eigenvalue weighted by molar-refractivity contribution is 5.86. The van der Waals surface area contributed by atoms with Crippen molar-refractivity contribution in [3.05, 3.63) is 60.3 Å². The molecule has 0 radical (unpaired) electrons. The zero-order chi connectivity index (χ0) is 17.7. The number of fused-ring (bicyclic) bond motifs is 3. The summed E-state index contributed by atoms with van der Waals surface area (Å²) in [5.74, 6) is 1.01. The van der Waals surface area contributed by atoms with Crippen LogP contribution in [-0.4, -0.2) is 30.8 Å². The van der Waals surface area contributed by atoms with E-state index in [1.165, 1.54) is 0 Å². The Morgan fingerprint density at radius 1 is 1.12 bits per heavy atom. The van der Waals surface area contributed by atoms with Crippen LogP contribution in [-0.2, 0) is 0 Å². The van der Waals surface area contributed by atoms with Crippen molar-refractivity contribution in [1.29, 1.82) is 0 Å². The van der Waals surface area contributed by atoms with E-state index >= 15 is 0 Å². The number of nitrogens with two attached hydrogens (primary N) is 1. The molecule has 5 rings (SSSR count). The lowest BCUT2D eigenvalue weighted by molar-refractivity contribution is 0.475. The molecule has 26 heavy (non-hydrogen) atoms. The van der Waals surface area contributed by atoms with E-state index in [-0.39, 0.29) is 11.9 Å². The number of nitrogens with zero attached hydrogens (tertiary/aromatic N) is 4. The molecule has 4 aromatic rings. The van der Waals surface area contributed by atoms with Crippen molar-refractivity contribution < 1.29 is 5.11 Å². The van der Waals surface area contributed by atoms with Gasteiger partial charge in [0.1, 0.15) is 11.9 Å². The van der Waals surface area contributed by atoms with Gasteiger partial charge >= 0.3 is 0 Å². The summed E-state index contributed by atoms with van der Waals surface area (Å²) in [6.07, 6.45) is 1.49. The Morgan fingerprint density at radius 2 is 2.00 bits per heavy atom. The topological polar surface area (TPSA) is 117 Å². The molecule has 1 unspecified atom stereocenters. The van der Waals surface area contributed by atoms with E-state index in [9.17, 15) is 5.11 Å². The second kappa shape index (κ2) is 5.35. The number of aromatic hydroxyl groups is 1. The van der Waals surface area contributed by atoms with E-state index in [2.05, 4.69) is 25.5 Å². The fourth-order valence-corrected chi connectivity index (χ4v) is 3.32. The second-order valence-electron chi connectivity index (χ2n) is 6.05. The third-order valence-electron chi connectivity index (χ3n) is 4.42. The van der Waals surface area contributed by atoms with Gasteiger partial charge in [0, 0.05) is 17.3 Å². The summed E-state index contributed by atoms with van der Waals surface area (Å²) in [6, 6.07) is 14.8. The van der Waals surface area contributed by atoms with Crippen LogP contribution in [0.4, 0.5) is 5.95 Å². The molecule has 0 amide bonds. The fourth-order valence-electron chi connectivity index (χ4n) is 3.32. The Hall–Kier alpha value is -3.81. The minimum atomic E-state index is -0.328. The summed E-state index contributed by atoms with van der Waals surface area (Å²) in [5.41, 5.74) is 10.2. The van der Waals surface area contributed by atoms with Gasteiger partial charge < -0.3 is 16.2 Å². The van der Waals surface area contributed by atoms with Crippen LogP contribution in [0.3, 0.4) is 0 Å². The van der Waals surface area contributed by atoms with Crippen molar-refractivity contribution >= 4 is 22.9 Å². The molecule has 0 bridgehead atoms. The largest absolute Gasteiger partial charge is 0.508 e. The summed E-state index contributed by atoms with van der Waals surface area (Å²) in [6.45, 7) is 0. The molecule has 8 heteroatoms. The van der Waals surface area contributed by atoms with Crippen molar-refractivity contribution in [3.8, 4) is 17.0 Å². The van der Waals surface area contributed by atoms with Crippen molar-refractivity contribution in [3.63, 3.8) is 0 Å². The lowest BCUT2D eigenvalue weighted by atomic mass is 10.1. The number of imidazole rings is 1. The number of aliphatic imine (C=N–C) groups is 1. The highest BCUT2D eigenvalue weighted by atomic mass is 16.3. The van der Waals surface area contributed by atoms with Gasteiger partial charge in [0.25, 0.3) is 0 Å². The minimum Gasteiger partial charge on any atom is -0.508 e. The first-order valence-electron chi connectivity index (χ1n) is 8.11. The molecule has 2 aromatic carbocycles. The lowest BCUT2D eigenvalue weighted by Crippen LogP contribution is -2.40. The van der Waals surface area contributed by atoms with E-state index < -0.39 is 0 Å². The number of aromatic nitrogens is 4. The number of guanidine groups is 1. The number of phenols is 1. The number of aromatic amines is 1. The highest BCUT2D eigenvalue weighted by Gasteiger charge is 2.28. The van der Waals surface area contributed by atoms with Gasteiger partial charge in [-0.2, -0.15) is 10.1 Å². The van der Waals surface area contributed by atoms with Crippen molar-refractivity contribution in [2.45, 2.75) is 6.17 Å². The van der Waals surface area contributed by atoms with Crippen LogP contribution in [0.25, 0.3) is 22.3 Å². The Kier molecular flexibility index (Phi) is 2.99. The SMILES string of the molecule is NC1=Nc2nc3ccccc3n2C(c2c[nH]nc2-c2cccc(O)c2)N1. The van der Waals surface area contributed by atoms with E-state index in [0.29, 0.717) is 11.9 Å². The van der Waals surface area contributed by atoms with Crippen LogP contribution >= 0.6 is 0 Å². The van der Waals surface area contributed by atoms with Crippen LogP contribution in [0.15, 0.2) is 59.7 Å². The van der Waals surface area contributed by atoms with Gasteiger partial charge in [-0.05, 0) is 24.3 Å². The third-order valence-corrected chi connectivity index (χ3v) is 4.42. The van der Waals surface area contributed by atoms with E-state index in [0.717, 1.165) is 27.9 Å². The van der Waals surface area contributed by atoms with Gasteiger partial charge in [0.05, 0.1) is 16.7 Å². The summed E-state index contributed by atoms with van der Waals surface area (Å²) < 4.78 is 1.99. The van der Waals surface area contributed by atoms with Gasteiger partial charge in [-0.1, -0.05) is 24.3 Å². The van der Waals surface area contributed by atoms with Crippen LogP contribution in [0, 0.1) is 0 Å². The van der Waals surface area contributed by atoms with Gasteiger partial charge in [0.2, 0.25) is 5.95 Å². The van der Waals surface area contributed by atoms with Crippen molar-refractivity contribution in [2.75, 3.05) is 0 Å². The molecule has 2 aromatic heterocycles. The standard InChI is InChI=1S/C18H15N7O/c19-17-22-16(25-14-7-2-1-6-13(14)21-18(25)23-17)12-9-20-24-15(12)10-4-3-5-11(26)8-10/h1-9,16,26H,(H,20,24)(H3,19,21,22,23). The number of hydrogen-bond acceptors (Lipinski definition) is 6.